The van der Waals surface area contributed by atoms with Crippen LogP contribution in [0.4, 0.5) is 0 Å². The Kier molecular flexibility index (Phi) is 5.23. The highest BCUT2D eigenvalue weighted by molar-refractivity contribution is 5.80. The molecule has 0 aliphatic carbocycles. The SMILES string of the molecule is Cc1ccccc1-c1noc(CC2CCCN(C(=O)C(C)n3cccn3)C2)n1. The first-order valence-corrected chi connectivity index (χ1v) is 9.78. The average Bonchev–Trinajstić information content (AvgIpc) is 3.40. The number of piperidine rings is 1. The Morgan fingerprint density at radius 2 is 2.18 bits per heavy atom. The van der Waals surface area contributed by atoms with E-state index in [0.29, 0.717) is 30.6 Å². The van der Waals surface area contributed by atoms with E-state index in [4.69, 9.17) is 4.52 Å². The highest BCUT2D eigenvalue weighted by Crippen LogP contribution is 2.25. The van der Waals surface area contributed by atoms with Crippen LogP contribution in [0, 0.1) is 12.8 Å². The van der Waals surface area contributed by atoms with Gasteiger partial charge in [-0.2, -0.15) is 10.1 Å². The van der Waals surface area contributed by atoms with Crippen molar-refractivity contribution >= 4 is 5.91 Å². The first kappa shape index (κ1) is 18.4. The van der Waals surface area contributed by atoms with Crippen LogP contribution in [0.1, 0.15) is 37.3 Å². The molecule has 1 aliphatic rings. The molecule has 2 aromatic heterocycles. The minimum atomic E-state index is -0.287. The molecule has 4 rings (SSSR count). The molecular formula is C21H25N5O2. The van der Waals surface area contributed by atoms with E-state index in [2.05, 4.69) is 15.2 Å². The summed E-state index contributed by atoms with van der Waals surface area (Å²) in [6.07, 6.45) is 6.27. The van der Waals surface area contributed by atoms with Crippen LogP contribution in [0.25, 0.3) is 11.4 Å². The number of hydrogen-bond donors (Lipinski definition) is 0. The molecule has 3 aromatic rings. The minimum Gasteiger partial charge on any atom is -0.341 e. The van der Waals surface area contributed by atoms with Crippen molar-refractivity contribution in [3.8, 4) is 11.4 Å². The number of amides is 1. The molecule has 0 N–H and O–H groups in total. The van der Waals surface area contributed by atoms with Gasteiger partial charge in [0.25, 0.3) is 0 Å². The normalized spacial score (nSPS) is 18.2. The lowest BCUT2D eigenvalue weighted by Crippen LogP contribution is -2.43. The number of aromatic nitrogens is 4. The third kappa shape index (κ3) is 3.83. The Hall–Kier alpha value is -2.96. The maximum atomic E-state index is 12.8. The van der Waals surface area contributed by atoms with Crippen molar-refractivity contribution < 1.29 is 9.32 Å². The summed E-state index contributed by atoms with van der Waals surface area (Å²) in [5.74, 6) is 1.70. The lowest BCUT2D eigenvalue weighted by molar-refractivity contribution is -0.136. The third-order valence-corrected chi connectivity index (χ3v) is 5.43. The van der Waals surface area contributed by atoms with E-state index in [-0.39, 0.29) is 11.9 Å². The second-order valence-corrected chi connectivity index (χ2v) is 7.49. The van der Waals surface area contributed by atoms with Crippen LogP contribution in [0.3, 0.4) is 0 Å². The van der Waals surface area contributed by atoms with Crippen molar-refractivity contribution in [3.63, 3.8) is 0 Å². The van der Waals surface area contributed by atoms with Gasteiger partial charge in [0, 0.05) is 37.5 Å². The lowest BCUT2D eigenvalue weighted by Gasteiger charge is -2.33. The van der Waals surface area contributed by atoms with Gasteiger partial charge in [0.2, 0.25) is 17.6 Å². The number of benzene rings is 1. The maximum Gasteiger partial charge on any atom is 0.247 e. The summed E-state index contributed by atoms with van der Waals surface area (Å²) in [4.78, 5) is 19.4. The topological polar surface area (TPSA) is 77.0 Å². The molecular weight excluding hydrogens is 354 g/mol. The zero-order chi connectivity index (χ0) is 19.5. The van der Waals surface area contributed by atoms with Gasteiger partial charge >= 0.3 is 0 Å². The Morgan fingerprint density at radius 3 is 2.96 bits per heavy atom. The van der Waals surface area contributed by atoms with E-state index in [1.807, 2.05) is 55.3 Å². The van der Waals surface area contributed by atoms with Crippen LogP contribution in [-0.2, 0) is 11.2 Å². The van der Waals surface area contributed by atoms with E-state index < -0.39 is 0 Å². The smallest absolute Gasteiger partial charge is 0.247 e. The van der Waals surface area contributed by atoms with Gasteiger partial charge in [-0.1, -0.05) is 29.4 Å². The maximum absolute atomic E-state index is 12.8. The second-order valence-electron chi connectivity index (χ2n) is 7.49. The van der Waals surface area contributed by atoms with E-state index in [1.165, 1.54) is 0 Å². The molecule has 1 saturated heterocycles. The molecule has 2 unspecified atom stereocenters. The monoisotopic (exact) mass is 379 g/mol. The highest BCUT2D eigenvalue weighted by atomic mass is 16.5. The van der Waals surface area contributed by atoms with Crippen LogP contribution in [0.15, 0.2) is 47.2 Å². The van der Waals surface area contributed by atoms with Gasteiger partial charge < -0.3 is 9.42 Å². The molecule has 2 atom stereocenters. The van der Waals surface area contributed by atoms with Gasteiger partial charge in [0.15, 0.2) is 0 Å². The van der Waals surface area contributed by atoms with Crippen LogP contribution in [-0.4, -0.2) is 43.8 Å². The first-order chi connectivity index (χ1) is 13.6. The minimum absolute atomic E-state index is 0.111. The Bertz CT molecular complexity index is 934. The molecule has 7 heteroatoms. The van der Waals surface area contributed by atoms with Gasteiger partial charge in [0.05, 0.1) is 0 Å². The fraction of sp³-hybridized carbons (Fsp3) is 0.429. The largest absolute Gasteiger partial charge is 0.341 e. The van der Waals surface area contributed by atoms with Crippen molar-refractivity contribution in [2.75, 3.05) is 13.1 Å². The fourth-order valence-electron chi connectivity index (χ4n) is 3.84. The van der Waals surface area contributed by atoms with Crippen molar-refractivity contribution in [3.05, 3.63) is 54.2 Å². The number of aryl methyl sites for hydroxylation is 1. The van der Waals surface area contributed by atoms with Crippen molar-refractivity contribution in [2.45, 2.75) is 39.2 Å². The van der Waals surface area contributed by atoms with E-state index in [9.17, 15) is 4.79 Å². The molecule has 146 valence electrons. The number of carbonyl (C=O) groups excluding carboxylic acids is 1. The lowest BCUT2D eigenvalue weighted by atomic mass is 9.94. The van der Waals surface area contributed by atoms with E-state index >= 15 is 0 Å². The summed E-state index contributed by atoms with van der Waals surface area (Å²) in [7, 11) is 0. The molecule has 1 aromatic carbocycles. The molecule has 1 amide bonds. The van der Waals surface area contributed by atoms with Crippen molar-refractivity contribution in [1.29, 1.82) is 0 Å². The molecule has 1 aliphatic heterocycles. The quantitative estimate of drug-likeness (QED) is 0.680. The zero-order valence-corrected chi connectivity index (χ0v) is 16.3. The standard InChI is InChI=1S/C21H25N5O2/c1-15-7-3-4-9-18(15)20-23-19(28-24-20)13-17-8-5-11-25(14-17)21(27)16(2)26-12-6-10-22-26/h3-4,6-7,9-10,12,16-17H,5,8,11,13-14H2,1-2H3. The van der Waals surface area contributed by atoms with Crippen molar-refractivity contribution in [1.82, 2.24) is 24.8 Å². The van der Waals surface area contributed by atoms with Gasteiger partial charge in [-0.25, -0.2) is 0 Å². The highest BCUT2D eigenvalue weighted by Gasteiger charge is 2.29. The number of rotatable bonds is 5. The molecule has 0 spiro atoms. The van der Waals surface area contributed by atoms with E-state index in [1.54, 1.807) is 10.9 Å². The Balaban J connectivity index is 1.40. The molecule has 0 radical (unpaired) electrons. The Morgan fingerprint density at radius 1 is 1.32 bits per heavy atom. The molecule has 0 bridgehead atoms. The summed E-state index contributed by atoms with van der Waals surface area (Å²) in [6.45, 7) is 5.44. The Labute approximate surface area is 164 Å². The number of likely N-dealkylation sites (tertiary alicyclic amines) is 1. The summed E-state index contributed by atoms with van der Waals surface area (Å²) in [5, 5.41) is 8.34. The van der Waals surface area contributed by atoms with Gasteiger partial charge in [-0.05, 0) is 44.2 Å². The fourth-order valence-corrected chi connectivity index (χ4v) is 3.84. The summed E-state index contributed by atoms with van der Waals surface area (Å²) >= 11 is 0. The summed E-state index contributed by atoms with van der Waals surface area (Å²) in [6, 6.07) is 9.56. The van der Waals surface area contributed by atoms with E-state index in [0.717, 1.165) is 30.5 Å². The zero-order valence-electron chi connectivity index (χ0n) is 16.3. The molecule has 7 nitrogen and oxygen atoms in total. The average molecular weight is 379 g/mol. The molecule has 1 fully saturated rings. The summed E-state index contributed by atoms with van der Waals surface area (Å²) in [5.41, 5.74) is 2.11. The van der Waals surface area contributed by atoms with Crippen LogP contribution in [0.2, 0.25) is 0 Å². The van der Waals surface area contributed by atoms with Crippen LogP contribution >= 0.6 is 0 Å². The summed E-state index contributed by atoms with van der Waals surface area (Å²) < 4.78 is 7.21. The number of hydrogen-bond acceptors (Lipinski definition) is 5. The second kappa shape index (κ2) is 7.96. The van der Waals surface area contributed by atoms with Gasteiger partial charge in [0.1, 0.15) is 6.04 Å². The molecule has 3 heterocycles. The van der Waals surface area contributed by atoms with Crippen LogP contribution < -0.4 is 0 Å². The molecule has 28 heavy (non-hydrogen) atoms. The van der Waals surface area contributed by atoms with Crippen LogP contribution in [0.5, 0.6) is 0 Å². The molecule has 0 saturated carbocycles. The van der Waals surface area contributed by atoms with Gasteiger partial charge in [-0.15, -0.1) is 0 Å². The third-order valence-electron chi connectivity index (χ3n) is 5.43. The number of carbonyl (C=O) groups is 1. The predicted octanol–water partition coefficient (Wildman–Crippen LogP) is 3.28. The first-order valence-electron chi connectivity index (χ1n) is 9.78. The predicted molar refractivity (Wildman–Crippen MR) is 104 cm³/mol. The number of nitrogens with zero attached hydrogens (tertiary/aromatic N) is 5. The van der Waals surface area contributed by atoms with Crippen molar-refractivity contribution in [2.24, 2.45) is 5.92 Å². The van der Waals surface area contributed by atoms with Gasteiger partial charge in [-0.3, -0.25) is 9.48 Å².